The molecular weight excluding hydrogens is 381 g/mol. The number of hydrogen-bond acceptors (Lipinski definition) is 2. The lowest BCUT2D eigenvalue weighted by Gasteiger charge is -2.11. The molecule has 1 atom stereocenters. The Balaban J connectivity index is 3.38. The van der Waals surface area contributed by atoms with Gasteiger partial charge in [0.2, 0.25) is 0 Å². The van der Waals surface area contributed by atoms with E-state index in [0.717, 1.165) is 16.3 Å². The van der Waals surface area contributed by atoms with E-state index < -0.39 is 0 Å². The molecule has 2 nitrogen and oxygen atoms in total. The second-order valence-electron chi connectivity index (χ2n) is 2.64. The molecule has 0 heterocycles. The molecule has 0 amide bonds. The molecule has 0 radical (unpaired) electrons. The lowest BCUT2D eigenvalue weighted by atomic mass is 10.1. The molecule has 0 aliphatic rings. The number of rotatable bonds is 3. The van der Waals surface area contributed by atoms with Gasteiger partial charge < -0.3 is 10.5 Å². The molecule has 0 spiro atoms. The molecule has 0 fully saturated rings. The van der Waals surface area contributed by atoms with E-state index in [-0.39, 0.29) is 5.82 Å². The van der Waals surface area contributed by atoms with E-state index in [1.165, 1.54) is 6.07 Å². The summed E-state index contributed by atoms with van der Waals surface area (Å²) in [7, 11) is 0. The van der Waals surface area contributed by atoms with Crippen LogP contribution in [0.3, 0.4) is 0 Å². The van der Waals surface area contributed by atoms with Crippen molar-refractivity contribution in [3.63, 3.8) is 0 Å². The first-order valence-corrected chi connectivity index (χ1v) is 8.63. The normalized spacial score (nSPS) is 10.9. The second-order valence-corrected chi connectivity index (χ2v) is 5.49. The molecule has 0 aromatic heterocycles. The molecule has 0 aliphatic heterocycles. The molecule has 0 bridgehead atoms. The van der Waals surface area contributed by atoms with E-state index in [0.29, 0.717) is 17.6 Å². The first-order chi connectivity index (χ1) is 6.61. The van der Waals surface area contributed by atoms with Crippen LogP contribution in [0.2, 0.25) is 0 Å². The van der Waals surface area contributed by atoms with Crippen molar-refractivity contribution in [1.82, 2.24) is 0 Å². The van der Waals surface area contributed by atoms with Gasteiger partial charge in [0.1, 0.15) is 5.82 Å². The van der Waals surface area contributed by atoms with E-state index >= 15 is 0 Å². The SMILES string of the molecule is Cc1cc(F)c(NPI)c(C=N)c1Br. The van der Waals surface area contributed by atoms with Gasteiger partial charge in [0.15, 0.2) is 0 Å². The summed E-state index contributed by atoms with van der Waals surface area (Å²) < 4.78 is 14.2. The Hall–Kier alpha value is 0.260. The van der Waals surface area contributed by atoms with Crippen molar-refractivity contribution in [2.45, 2.75) is 6.92 Å². The number of anilines is 1. The van der Waals surface area contributed by atoms with Crippen molar-refractivity contribution in [3.05, 3.63) is 27.5 Å². The zero-order valence-corrected chi connectivity index (χ0v) is 12.0. The number of aryl methyl sites for hydroxylation is 1. The first-order valence-electron chi connectivity index (χ1n) is 3.72. The summed E-state index contributed by atoms with van der Waals surface area (Å²) in [5, 5.41) is 10.2. The molecule has 2 N–H and O–H groups in total. The molecule has 1 unspecified atom stereocenters. The fourth-order valence-electron chi connectivity index (χ4n) is 1.09. The molecule has 76 valence electrons. The summed E-state index contributed by atoms with van der Waals surface area (Å²) in [6.07, 6.45) is 1.53. The highest BCUT2D eigenvalue weighted by Crippen LogP contribution is 2.34. The number of nitrogens with one attached hydrogen (secondary N) is 2. The van der Waals surface area contributed by atoms with E-state index in [4.69, 9.17) is 5.41 Å². The Labute approximate surface area is 105 Å². The third kappa shape index (κ3) is 2.44. The van der Waals surface area contributed by atoms with E-state index in [1.807, 2.05) is 0 Å². The smallest absolute Gasteiger partial charge is 0.147 e. The Morgan fingerprint density at radius 3 is 2.86 bits per heavy atom. The molecule has 1 aromatic carbocycles. The highest BCUT2D eigenvalue weighted by molar-refractivity contribution is 14.2. The third-order valence-electron chi connectivity index (χ3n) is 1.75. The van der Waals surface area contributed by atoms with Crippen molar-refractivity contribution >= 4 is 56.2 Å². The standard InChI is InChI=1S/C8H8BrFIN2P/c1-4-2-6(10)8(13-14-11)5(3-12)7(4)9/h2-3,12-14H,1H3. The maximum atomic E-state index is 13.5. The van der Waals surface area contributed by atoms with Gasteiger partial charge in [-0.15, -0.1) is 0 Å². The molecule has 14 heavy (non-hydrogen) atoms. The minimum absolute atomic E-state index is 0.312. The summed E-state index contributed by atoms with van der Waals surface area (Å²) in [5.41, 5.74) is 1.75. The van der Waals surface area contributed by atoms with Crippen molar-refractivity contribution in [2.24, 2.45) is 0 Å². The van der Waals surface area contributed by atoms with Gasteiger partial charge in [-0.2, -0.15) is 0 Å². The van der Waals surface area contributed by atoms with Gasteiger partial charge >= 0.3 is 0 Å². The molecule has 6 heteroatoms. The van der Waals surface area contributed by atoms with Crippen LogP contribution in [0.1, 0.15) is 11.1 Å². The predicted molar refractivity (Wildman–Crippen MR) is 72.7 cm³/mol. The van der Waals surface area contributed by atoms with Gasteiger partial charge in [0.05, 0.1) is 5.69 Å². The van der Waals surface area contributed by atoms with Crippen molar-refractivity contribution in [1.29, 1.82) is 5.41 Å². The molecule has 0 saturated carbocycles. The molecule has 1 rings (SSSR count). The largest absolute Gasteiger partial charge is 0.356 e. The van der Waals surface area contributed by atoms with Crippen LogP contribution in [0.25, 0.3) is 0 Å². The zero-order chi connectivity index (χ0) is 10.7. The molecule has 0 saturated heterocycles. The van der Waals surface area contributed by atoms with Crippen molar-refractivity contribution < 1.29 is 4.39 Å². The third-order valence-corrected chi connectivity index (χ3v) is 3.96. The van der Waals surface area contributed by atoms with Gasteiger partial charge in [-0.1, -0.05) is 0 Å². The number of benzene rings is 1. The van der Waals surface area contributed by atoms with Crippen LogP contribution >= 0.6 is 44.3 Å². The summed E-state index contributed by atoms with van der Waals surface area (Å²) in [4.78, 5) is 0. The minimum atomic E-state index is -0.312. The summed E-state index contributed by atoms with van der Waals surface area (Å²) in [5.74, 6) is -0.312. The maximum absolute atomic E-state index is 13.5. The van der Waals surface area contributed by atoms with Crippen LogP contribution in [0.15, 0.2) is 10.5 Å². The average Bonchev–Trinajstić information content (AvgIpc) is 2.15. The molecule has 0 aliphatic carbocycles. The second kappa shape index (κ2) is 5.37. The first kappa shape index (κ1) is 12.3. The fraction of sp³-hybridized carbons (Fsp3) is 0.125. The lowest BCUT2D eigenvalue weighted by Crippen LogP contribution is -1.97. The zero-order valence-electron chi connectivity index (χ0n) is 7.29. The number of hydrogen-bond donors (Lipinski definition) is 2. The summed E-state index contributed by atoms with van der Waals surface area (Å²) in [6, 6.07) is 1.45. The Morgan fingerprint density at radius 1 is 1.71 bits per heavy atom. The maximum Gasteiger partial charge on any atom is 0.147 e. The number of halogens is 3. The Morgan fingerprint density at radius 2 is 2.36 bits per heavy atom. The van der Waals surface area contributed by atoms with Gasteiger partial charge in [-0.3, -0.25) is 0 Å². The summed E-state index contributed by atoms with van der Waals surface area (Å²) in [6.45, 7) is 1.80. The van der Waals surface area contributed by atoms with Gasteiger partial charge in [-0.05, 0) is 56.5 Å². The lowest BCUT2D eigenvalue weighted by molar-refractivity contribution is 0.631. The van der Waals surface area contributed by atoms with Crippen LogP contribution in [0.4, 0.5) is 10.1 Å². The molecular formula is C8H8BrFIN2P. The van der Waals surface area contributed by atoms with Crippen LogP contribution in [0, 0.1) is 18.2 Å². The summed E-state index contributed by atoms with van der Waals surface area (Å²) >= 11 is 5.46. The minimum Gasteiger partial charge on any atom is -0.356 e. The van der Waals surface area contributed by atoms with Crippen LogP contribution < -0.4 is 5.09 Å². The van der Waals surface area contributed by atoms with E-state index in [1.54, 1.807) is 6.92 Å². The van der Waals surface area contributed by atoms with Crippen molar-refractivity contribution in [3.8, 4) is 0 Å². The van der Waals surface area contributed by atoms with Gasteiger partial charge in [0.25, 0.3) is 0 Å². The van der Waals surface area contributed by atoms with Crippen LogP contribution in [0.5, 0.6) is 0 Å². The van der Waals surface area contributed by atoms with E-state index in [9.17, 15) is 4.39 Å². The van der Waals surface area contributed by atoms with Gasteiger partial charge in [-0.25, -0.2) is 4.39 Å². The van der Waals surface area contributed by atoms with E-state index in [2.05, 4.69) is 43.1 Å². The van der Waals surface area contributed by atoms with Crippen molar-refractivity contribution in [2.75, 3.05) is 5.09 Å². The average molecular weight is 389 g/mol. The van der Waals surface area contributed by atoms with Crippen LogP contribution in [-0.2, 0) is 0 Å². The quantitative estimate of drug-likeness (QED) is 0.453. The fourth-order valence-corrected chi connectivity index (χ4v) is 2.67. The van der Waals surface area contributed by atoms with Crippen LogP contribution in [-0.4, -0.2) is 6.21 Å². The highest BCUT2D eigenvalue weighted by atomic mass is 127. The predicted octanol–water partition coefficient (Wildman–Crippen LogP) is 4.25. The Bertz CT molecular complexity index is 373. The Kier molecular flexibility index (Phi) is 4.73. The van der Waals surface area contributed by atoms with Gasteiger partial charge in [0, 0.05) is 22.6 Å². The highest BCUT2D eigenvalue weighted by Gasteiger charge is 2.12. The molecule has 1 aromatic rings. The monoisotopic (exact) mass is 388 g/mol. The topological polar surface area (TPSA) is 35.9 Å².